The molecule has 2 N–H and O–H groups in total. The molecule has 0 saturated carbocycles. The molecule has 0 aliphatic carbocycles. The topological polar surface area (TPSA) is 29.3 Å². The van der Waals surface area contributed by atoms with E-state index in [1.807, 2.05) is 0 Å². The molecule has 0 atom stereocenters. The molecular weight excluding hydrogens is 228 g/mol. The van der Waals surface area contributed by atoms with E-state index in [2.05, 4.69) is 30.5 Å². The van der Waals surface area contributed by atoms with Gasteiger partial charge in [-0.25, -0.2) is 0 Å². The van der Waals surface area contributed by atoms with E-state index in [1.165, 1.54) is 63.9 Å². The second-order valence-corrected chi connectivity index (χ2v) is 7.56. The minimum Gasteiger partial charge on any atom is -0.330 e. The largest absolute Gasteiger partial charge is 0.330 e. The predicted molar refractivity (Wildman–Crippen MR) is 79.7 cm³/mol. The first-order chi connectivity index (χ1) is 8.14. The van der Waals surface area contributed by atoms with Crippen molar-refractivity contribution in [3.05, 3.63) is 0 Å². The summed E-state index contributed by atoms with van der Waals surface area (Å²) in [7, 11) is 0. The molecule has 3 heteroatoms. The van der Waals surface area contributed by atoms with Crippen LogP contribution in [-0.2, 0) is 0 Å². The van der Waals surface area contributed by atoms with Crippen LogP contribution in [0.5, 0.6) is 0 Å². The van der Waals surface area contributed by atoms with Crippen molar-refractivity contribution in [2.75, 3.05) is 31.9 Å². The summed E-state index contributed by atoms with van der Waals surface area (Å²) < 4.78 is 0.496. The number of hydrogen-bond donors (Lipinski definition) is 1. The maximum Gasteiger partial charge on any atom is 0.0116 e. The maximum absolute atomic E-state index is 5.49. The van der Waals surface area contributed by atoms with Crippen molar-refractivity contribution < 1.29 is 0 Å². The number of hydrogen-bond acceptors (Lipinski definition) is 3. The van der Waals surface area contributed by atoms with Gasteiger partial charge in [-0.15, -0.1) is 0 Å². The fourth-order valence-corrected chi connectivity index (χ4v) is 3.43. The van der Waals surface area contributed by atoms with Gasteiger partial charge in [0.25, 0.3) is 0 Å². The van der Waals surface area contributed by atoms with Gasteiger partial charge in [-0.3, -0.25) is 0 Å². The van der Waals surface area contributed by atoms with Crippen molar-refractivity contribution in [1.29, 1.82) is 0 Å². The number of thioether (sulfide) groups is 1. The Morgan fingerprint density at radius 3 is 2.53 bits per heavy atom. The Kier molecular flexibility index (Phi) is 7.56. The molecule has 0 amide bonds. The predicted octanol–water partition coefficient (Wildman–Crippen LogP) is 3.11. The highest BCUT2D eigenvalue weighted by atomic mass is 32.2. The van der Waals surface area contributed by atoms with Crippen LogP contribution in [0.4, 0.5) is 0 Å². The van der Waals surface area contributed by atoms with E-state index in [4.69, 9.17) is 5.73 Å². The fourth-order valence-electron chi connectivity index (χ4n) is 2.30. The van der Waals surface area contributed by atoms with Crippen LogP contribution in [0, 0.1) is 0 Å². The third-order valence-corrected chi connectivity index (χ3v) is 4.98. The van der Waals surface area contributed by atoms with Crippen LogP contribution in [0.25, 0.3) is 0 Å². The molecule has 1 aliphatic rings. The highest BCUT2D eigenvalue weighted by Gasteiger charge is 2.23. The van der Waals surface area contributed by atoms with E-state index >= 15 is 0 Å². The van der Waals surface area contributed by atoms with Gasteiger partial charge in [-0.05, 0) is 38.9 Å². The second kappa shape index (κ2) is 8.39. The van der Waals surface area contributed by atoms with Crippen LogP contribution in [0.3, 0.4) is 0 Å². The average molecular weight is 258 g/mol. The smallest absolute Gasteiger partial charge is 0.0116 e. The Bertz CT molecular complexity index is 195. The summed E-state index contributed by atoms with van der Waals surface area (Å²) in [5.41, 5.74) is 5.49. The fraction of sp³-hybridized carbons (Fsp3) is 1.00. The molecule has 0 unspecified atom stereocenters. The van der Waals surface area contributed by atoms with Crippen molar-refractivity contribution in [3.8, 4) is 0 Å². The Morgan fingerprint density at radius 2 is 1.76 bits per heavy atom. The van der Waals surface area contributed by atoms with Crippen LogP contribution in [0.15, 0.2) is 0 Å². The third-order valence-electron chi connectivity index (χ3n) is 3.61. The lowest BCUT2D eigenvalue weighted by Crippen LogP contribution is -2.28. The molecule has 0 radical (unpaired) electrons. The molecule has 1 aliphatic heterocycles. The lowest BCUT2D eigenvalue weighted by molar-refractivity contribution is 0.277. The zero-order valence-corrected chi connectivity index (χ0v) is 12.5. The van der Waals surface area contributed by atoms with Crippen LogP contribution < -0.4 is 5.73 Å². The van der Waals surface area contributed by atoms with Gasteiger partial charge in [0.1, 0.15) is 0 Å². The molecule has 1 rings (SSSR count). The number of unbranched alkanes of at least 4 members (excludes halogenated alkanes) is 4. The standard InChI is InChI=1S/C14H30N2S/c1-14(2)8-11-16(12-13-17-14)10-7-5-3-4-6-9-15/h3-13,15H2,1-2H3. The van der Waals surface area contributed by atoms with E-state index < -0.39 is 0 Å². The average Bonchev–Trinajstić information content (AvgIpc) is 2.45. The first-order valence-corrected chi connectivity index (χ1v) is 8.19. The molecule has 1 fully saturated rings. The first kappa shape index (κ1) is 15.3. The van der Waals surface area contributed by atoms with E-state index in [-0.39, 0.29) is 0 Å². The van der Waals surface area contributed by atoms with Crippen molar-refractivity contribution in [2.24, 2.45) is 5.73 Å². The van der Waals surface area contributed by atoms with E-state index in [9.17, 15) is 0 Å². The van der Waals surface area contributed by atoms with Gasteiger partial charge in [0, 0.05) is 17.0 Å². The summed E-state index contributed by atoms with van der Waals surface area (Å²) in [5, 5.41) is 0. The highest BCUT2D eigenvalue weighted by Crippen LogP contribution is 2.30. The van der Waals surface area contributed by atoms with Gasteiger partial charge in [-0.2, -0.15) is 11.8 Å². The zero-order valence-electron chi connectivity index (χ0n) is 11.7. The molecule has 0 aromatic heterocycles. The molecule has 0 spiro atoms. The summed E-state index contributed by atoms with van der Waals surface area (Å²) in [6.45, 7) is 9.51. The zero-order chi connectivity index (χ0) is 12.6. The monoisotopic (exact) mass is 258 g/mol. The lowest BCUT2D eigenvalue weighted by Gasteiger charge is -2.22. The minimum absolute atomic E-state index is 0.496. The van der Waals surface area contributed by atoms with Crippen LogP contribution >= 0.6 is 11.8 Å². The summed E-state index contributed by atoms with van der Waals surface area (Å²) in [4.78, 5) is 2.66. The summed E-state index contributed by atoms with van der Waals surface area (Å²) in [6, 6.07) is 0. The van der Waals surface area contributed by atoms with Gasteiger partial charge in [-0.1, -0.05) is 33.1 Å². The van der Waals surface area contributed by atoms with Crippen molar-refractivity contribution in [1.82, 2.24) is 4.90 Å². The number of nitrogens with two attached hydrogens (primary N) is 1. The Balaban J connectivity index is 2.03. The molecule has 102 valence electrons. The highest BCUT2D eigenvalue weighted by molar-refractivity contribution is 8.00. The van der Waals surface area contributed by atoms with Crippen LogP contribution in [0.1, 0.15) is 52.4 Å². The lowest BCUT2D eigenvalue weighted by atomic mass is 10.1. The summed E-state index contributed by atoms with van der Waals surface area (Å²) in [6.07, 6.45) is 7.98. The van der Waals surface area contributed by atoms with Gasteiger partial charge in [0.05, 0.1) is 0 Å². The van der Waals surface area contributed by atoms with E-state index in [1.54, 1.807) is 0 Å². The molecular formula is C14H30N2S. The van der Waals surface area contributed by atoms with Crippen molar-refractivity contribution in [3.63, 3.8) is 0 Å². The van der Waals surface area contributed by atoms with Gasteiger partial charge < -0.3 is 10.6 Å². The van der Waals surface area contributed by atoms with Crippen LogP contribution in [0.2, 0.25) is 0 Å². The summed E-state index contributed by atoms with van der Waals surface area (Å²) >= 11 is 2.14. The molecule has 17 heavy (non-hydrogen) atoms. The van der Waals surface area contributed by atoms with Crippen molar-refractivity contribution >= 4 is 11.8 Å². The molecule has 1 saturated heterocycles. The Labute approximate surface area is 112 Å². The molecule has 1 heterocycles. The first-order valence-electron chi connectivity index (χ1n) is 7.20. The molecule has 0 aromatic rings. The molecule has 2 nitrogen and oxygen atoms in total. The molecule has 0 bridgehead atoms. The number of nitrogens with zero attached hydrogens (tertiary/aromatic N) is 1. The maximum atomic E-state index is 5.49. The van der Waals surface area contributed by atoms with E-state index in [0.717, 1.165) is 6.54 Å². The minimum atomic E-state index is 0.496. The van der Waals surface area contributed by atoms with Crippen molar-refractivity contribution in [2.45, 2.75) is 57.1 Å². The van der Waals surface area contributed by atoms with Gasteiger partial charge in [0.15, 0.2) is 0 Å². The Morgan fingerprint density at radius 1 is 1.06 bits per heavy atom. The quantitative estimate of drug-likeness (QED) is 0.712. The second-order valence-electron chi connectivity index (χ2n) is 5.76. The molecule has 0 aromatic carbocycles. The SMILES string of the molecule is CC1(C)CCN(CCCCCCCN)CCS1. The van der Waals surface area contributed by atoms with Crippen LogP contribution in [-0.4, -0.2) is 41.6 Å². The van der Waals surface area contributed by atoms with Gasteiger partial charge in [0.2, 0.25) is 0 Å². The number of rotatable bonds is 7. The Hall–Kier alpha value is 0.270. The summed E-state index contributed by atoms with van der Waals surface area (Å²) in [5.74, 6) is 1.31. The van der Waals surface area contributed by atoms with E-state index in [0.29, 0.717) is 4.75 Å². The normalized spacial score (nSPS) is 21.4. The third kappa shape index (κ3) is 7.32. The van der Waals surface area contributed by atoms with Gasteiger partial charge >= 0.3 is 0 Å².